The molecule has 1 aromatic heterocycles. The summed E-state index contributed by atoms with van der Waals surface area (Å²) in [7, 11) is 1.72. The first kappa shape index (κ1) is 17.0. The van der Waals surface area contributed by atoms with Crippen LogP contribution in [-0.4, -0.2) is 54.1 Å². The van der Waals surface area contributed by atoms with E-state index < -0.39 is 5.54 Å². The number of rotatable bonds is 5. The Bertz CT molecular complexity index is 576. The van der Waals surface area contributed by atoms with Gasteiger partial charge in [0.1, 0.15) is 0 Å². The number of nitrogens with two attached hydrogens (primary N) is 2. The fraction of sp³-hybridized carbons (Fsp3) is 0.750. The number of hydrogen-bond donors (Lipinski definition) is 2. The minimum absolute atomic E-state index is 0.0625. The van der Waals surface area contributed by atoms with Gasteiger partial charge in [-0.25, -0.2) is 4.98 Å². The first-order valence-corrected chi connectivity index (χ1v) is 9.15. The van der Waals surface area contributed by atoms with Gasteiger partial charge in [-0.1, -0.05) is 12.8 Å². The molecular weight excluding hydrogens is 312 g/mol. The van der Waals surface area contributed by atoms with Crippen molar-refractivity contribution < 1.29 is 9.53 Å². The summed E-state index contributed by atoms with van der Waals surface area (Å²) in [5.74, 6) is -0.0625. The maximum Gasteiger partial charge on any atom is 0.212 e. The number of aromatic nitrogens is 1. The lowest BCUT2D eigenvalue weighted by Gasteiger charge is -2.36. The van der Waals surface area contributed by atoms with Gasteiger partial charge in [0.25, 0.3) is 0 Å². The Morgan fingerprint density at radius 1 is 1.52 bits per heavy atom. The molecule has 1 aliphatic carbocycles. The second-order valence-electron chi connectivity index (χ2n) is 6.63. The summed E-state index contributed by atoms with van der Waals surface area (Å²) >= 11 is 1.50. The molecule has 1 aliphatic heterocycles. The van der Waals surface area contributed by atoms with Crippen LogP contribution in [-0.2, 0) is 17.7 Å². The smallest absolute Gasteiger partial charge is 0.212 e. The number of methoxy groups -OCH3 is 1. The molecule has 0 bridgehead atoms. The van der Waals surface area contributed by atoms with E-state index in [9.17, 15) is 4.79 Å². The summed E-state index contributed by atoms with van der Waals surface area (Å²) in [5, 5.41) is 0.545. The summed E-state index contributed by atoms with van der Waals surface area (Å²) in [6, 6.07) is -0.261. The highest BCUT2D eigenvalue weighted by atomic mass is 32.1. The number of Topliss-reactive ketones (excluding diaryl/α,β-unsaturated/α-hetero) is 1. The molecule has 4 N–H and O–H groups in total. The van der Waals surface area contributed by atoms with Crippen molar-refractivity contribution in [3.63, 3.8) is 0 Å². The Morgan fingerprint density at radius 2 is 2.35 bits per heavy atom. The minimum Gasteiger partial charge on any atom is -0.383 e. The van der Waals surface area contributed by atoms with Gasteiger partial charge in [0.2, 0.25) is 5.78 Å². The average Bonchev–Trinajstić information content (AvgIpc) is 2.98. The van der Waals surface area contributed by atoms with E-state index in [0.717, 1.165) is 57.6 Å². The highest BCUT2D eigenvalue weighted by molar-refractivity contribution is 7.13. The molecule has 0 radical (unpaired) electrons. The van der Waals surface area contributed by atoms with Gasteiger partial charge in [-0.05, 0) is 12.8 Å². The highest BCUT2D eigenvalue weighted by Crippen LogP contribution is 2.32. The van der Waals surface area contributed by atoms with Crippen LogP contribution >= 0.6 is 11.3 Å². The largest absolute Gasteiger partial charge is 0.383 e. The van der Waals surface area contributed by atoms with Gasteiger partial charge in [0.05, 0.1) is 17.8 Å². The molecule has 7 heteroatoms. The Kier molecular flexibility index (Phi) is 5.13. The fourth-order valence-corrected chi connectivity index (χ4v) is 4.65. The van der Waals surface area contributed by atoms with Crippen molar-refractivity contribution in [3.8, 4) is 0 Å². The van der Waals surface area contributed by atoms with Crippen LogP contribution in [0.3, 0.4) is 0 Å². The Labute approximate surface area is 141 Å². The second-order valence-corrected chi connectivity index (χ2v) is 7.71. The number of ketones is 1. The van der Waals surface area contributed by atoms with Gasteiger partial charge in [-0.3, -0.25) is 9.69 Å². The second kappa shape index (κ2) is 6.94. The van der Waals surface area contributed by atoms with Crippen molar-refractivity contribution in [1.82, 2.24) is 9.88 Å². The summed E-state index contributed by atoms with van der Waals surface area (Å²) < 4.78 is 5.14. The standard InChI is InChI=1S/C16H26N4O2S/c1-22-9-8-20-7-5-11-12(10-20)23-15(19-11)14(21)16(18)6-3-2-4-13(16)17/h13H,2-10,17-18H2,1H3. The van der Waals surface area contributed by atoms with E-state index in [-0.39, 0.29) is 11.8 Å². The number of ether oxygens (including phenoxy) is 1. The Morgan fingerprint density at radius 3 is 3.09 bits per heavy atom. The maximum absolute atomic E-state index is 12.9. The number of thiazole rings is 1. The molecule has 2 heterocycles. The lowest BCUT2D eigenvalue weighted by Crippen LogP contribution is -2.62. The maximum atomic E-state index is 12.9. The molecule has 6 nitrogen and oxygen atoms in total. The van der Waals surface area contributed by atoms with Gasteiger partial charge in [-0.2, -0.15) is 0 Å². The van der Waals surface area contributed by atoms with Crippen LogP contribution in [0.25, 0.3) is 0 Å². The third kappa shape index (κ3) is 3.34. The SMILES string of the molecule is COCCN1CCc2nc(C(=O)C3(N)CCCCC3N)sc2C1. The van der Waals surface area contributed by atoms with E-state index in [2.05, 4.69) is 9.88 Å². The average molecular weight is 338 g/mol. The number of carbonyl (C=O) groups is 1. The van der Waals surface area contributed by atoms with E-state index >= 15 is 0 Å². The van der Waals surface area contributed by atoms with Gasteiger partial charge in [0.15, 0.2) is 5.01 Å². The number of carbonyl (C=O) groups excluding carboxylic acids is 1. The van der Waals surface area contributed by atoms with E-state index in [4.69, 9.17) is 16.2 Å². The molecule has 2 aliphatic rings. The van der Waals surface area contributed by atoms with E-state index in [1.165, 1.54) is 16.2 Å². The molecule has 1 saturated carbocycles. The Balaban J connectivity index is 1.75. The number of nitrogens with zero attached hydrogens (tertiary/aromatic N) is 2. The predicted octanol–water partition coefficient (Wildman–Crippen LogP) is 0.929. The zero-order chi connectivity index (χ0) is 16.4. The van der Waals surface area contributed by atoms with Crippen LogP contribution in [0.5, 0.6) is 0 Å². The molecule has 0 aromatic carbocycles. The zero-order valence-electron chi connectivity index (χ0n) is 13.7. The third-order valence-corrected chi connectivity index (χ3v) is 6.14. The summed E-state index contributed by atoms with van der Waals surface area (Å²) in [4.78, 5) is 21.0. The van der Waals surface area contributed by atoms with Crippen molar-refractivity contribution in [2.24, 2.45) is 11.5 Å². The summed E-state index contributed by atoms with van der Waals surface area (Å²) in [6.45, 7) is 3.43. The molecular formula is C16H26N4O2S. The van der Waals surface area contributed by atoms with E-state index in [1.807, 2.05) is 0 Å². The fourth-order valence-electron chi connectivity index (χ4n) is 3.46. The number of hydrogen-bond acceptors (Lipinski definition) is 7. The van der Waals surface area contributed by atoms with Gasteiger partial charge in [0, 0.05) is 44.1 Å². The van der Waals surface area contributed by atoms with Crippen molar-refractivity contribution in [1.29, 1.82) is 0 Å². The quantitative estimate of drug-likeness (QED) is 0.776. The van der Waals surface area contributed by atoms with Crippen LogP contribution in [0.2, 0.25) is 0 Å². The molecule has 128 valence electrons. The van der Waals surface area contributed by atoms with Crippen LogP contribution < -0.4 is 11.5 Å². The van der Waals surface area contributed by atoms with Crippen molar-refractivity contribution >= 4 is 17.1 Å². The highest BCUT2D eigenvalue weighted by Gasteiger charge is 2.43. The van der Waals surface area contributed by atoms with Crippen LogP contribution in [0, 0.1) is 0 Å². The molecule has 2 unspecified atom stereocenters. The number of fused-ring (bicyclic) bond motifs is 1. The summed E-state index contributed by atoms with van der Waals surface area (Å²) in [6.07, 6.45) is 4.38. The predicted molar refractivity (Wildman–Crippen MR) is 90.7 cm³/mol. The summed E-state index contributed by atoms with van der Waals surface area (Å²) in [5.41, 5.74) is 12.7. The van der Waals surface area contributed by atoms with Crippen molar-refractivity contribution in [2.75, 3.05) is 26.8 Å². The molecule has 0 spiro atoms. The normalized spacial score (nSPS) is 28.6. The lowest BCUT2D eigenvalue weighted by atomic mass is 9.76. The molecule has 0 amide bonds. The monoisotopic (exact) mass is 338 g/mol. The molecule has 0 saturated heterocycles. The third-order valence-electron chi connectivity index (χ3n) is 5.06. The van der Waals surface area contributed by atoms with E-state index in [0.29, 0.717) is 11.4 Å². The lowest BCUT2D eigenvalue weighted by molar-refractivity contribution is 0.0822. The first-order chi connectivity index (χ1) is 11.0. The van der Waals surface area contributed by atoms with Gasteiger partial charge >= 0.3 is 0 Å². The van der Waals surface area contributed by atoms with Crippen LogP contribution in [0.4, 0.5) is 0 Å². The molecule has 1 fully saturated rings. The molecule has 1 aromatic rings. The van der Waals surface area contributed by atoms with Gasteiger partial charge in [-0.15, -0.1) is 11.3 Å². The zero-order valence-corrected chi connectivity index (χ0v) is 14.5. The molecule has 23 heavy (non-hydrogen) atoms. The van der Waals surface area contributed by atoms with Gasteiger partial charge < -0.3 is 16.2 Å². The van der Waals surface area contributed by atoms with E-state index in [1.54, 1.807) is 7.11 Å². The topological polar surface area (TPSA) is 94.5 Å². The molecule has 2 atom stereocenters. The first-order valence-electron chi connectivity index (χ1n) is 8.33. The minimum atomic E-state index is -0.936. The van der Waals surface area contributed by atoms with Crippen molar-refractivity contribution in [2.45, 2.75) is 50.2 Å². The Hall–Kier alpha value is -0.860. The molecule has 3 rings (SSSR count). The van der Waals surface area contributed by atoms with Crippen LogP contribution in [0.1, 0.15) is 46.1 Å². The van der Waals surface area contributed by atoms with Crippen LogP contribution in [0.15, 0.2) is 0 Å². The van der Waals surface area contributed by atoms with Crippen molar-refractivity contribution in [3.05, 3.63) is 15.6 Å².